The van der Waals surface area contributed by atoms with Gasteiger partial charge in [-0.15, -0.1) is 11.3 Å². The summed E-state index contributed by atoms with van der Waals surface area (Å²) >= 11 is 3.14. The van der Waals surface area contributed by atoms with Crippen molar-refractivity contribution in [2.75, 3.05) is 0 Å². The van der Waals surface area contributed by atoms with E-state index in [0.29, 0.717) is 17.0 Å². The normalized spacial score (nSPS) is 10.7. The minimum atomic E-state index is -0.468. The molecule has 118 valence electrons. The standard InChI is InChI=1S/C16H14N2O3S2/c1-10(19)12-5-14(18(2)6-12)16(20)21-7-13-9-23-15(17-13)11-3-4-22-8-11/h3-6,8-9H,7H2,1-2H3. The fourth-order valence-electron chi connectivity index (χ4n) is 2.07. The van der Waals surface area contributed by atoms with Gasteiger partial charge in [-0.1, -0.05) is 0 Å². The fourth-order valence-corrected chi connectivity index (χ4v) is 3.58. The maximum absolute atomic E-state index is 12.1. The summed E-state index contributed by atoms with van der Waals surface area (Å²) in [6, 6.07) is 3.55. The summed E-state index contributed by atoms with van der Waals surface area (Å²) in [6.07, 6.45) is 1.62. The third kappa shape index (κ3) is 3.40. The number of thiophene rings is 1. The number of rotatable bonds is 5. The van der Waals surface area contributed by atoms with Gasteiger partial charge in [-0.05, 0) is 24.4 Å². The van der Waals surface area contributed by atoms with Crippen molar-refractivity contribution < 1.29 is 14.3 Å². The Balaban J connectivity index is 1.66. The van der Waals surface area contributed by atoms with Gasteiger partial charge in [0.15, 0.2) is 5.78 Å². The van der Waals surface area contributed by atoms with Crippen LogP contribution in [0.4, 0.5) is 0 Å². The number of Topliss-reactive ketones (excluding diaryl/α,β-unsaturated/α-hetero) is 1. The second kappa shape index (κ2) is 6.47. The van der Waals surface area contributed by atoms with Crippen LogP contribution in [0.1, 0.15) is 33.5 Å². The van der Waals surface area contributed by atoms with Crippen LogP contribution < -0.4 is 0 Å². The highest BCUT2D eigenvalue weighted by molar-refractivity contribution is 7.14. The number of carbonyl (C=O) groups is 2. The fraction of sp³-hybridized carbons (Fsp3) is 0.188. The monoisotopic (exact) mass is 346 g/mol. The van der Waals surface area contributed by atoms with Crippen LogP contribution in [0.25, 0.3) is 10.6 Å². The predicted molar refractivity (Wildman–Crippen MR) is 90.0 cm³/mol. The highest BCUT2D eigenvalue weighted by Crippen LogP contribution is 2.26. The van der Waals surface area contributed by atoms with Gasteiger partial charge in [0.1, 0.15) is 17.3 Å². The van der Waals surface area contributed by atoms with Crippen LogP contribution in [0.3, 0.4) is 0 Å². The zero-order valence-electron chi connectivity index (χ0n) is 12.6. The van der Waals surface area contributed by atoms with Gasteiger partial charge in [0.2, 0.25) is 0 Å². The molecule has 3 aromatic rings. The van der Waals surface area contributed by atoms with E-state index in [1.165, 1.54) is 18.3 Å². The average molecular weight is 346 g/mol. The van der Waals surface area contributed by atoms with E-state index in [-0.39, 0.29) is 12.4 Å². The lowest BCUT2D eigenvalue weighted by Gasteiger charge is -2.03. The number of aryl methyl sites for hydroxylation is 1. The minimum Gasteiger partial charge on any atom is -0.454 e. The van der Waals surface area contributed by atoms with Crippen molar-refractivity contribution in [1.29, 1.82) is 0 Å². The molecule has 0 bridgehead atoms. The van der Waals surface area contributed by atoms with Crippen molar-refractivity contribution in [2.24, 2.45) is 7.05 Å². The van der Waals surface area contributed by atoms with Crippen molar-refractivity contribution in [1.82, 2.24) is 9.55 Å². The number of thiazole rings is 1. The summed E-state index contributed by atoms with van der Waals surface area (Å²) in [5.74, 6) is -0.551. The van der Waals surface area contributed by atoms with Crippen molar-refractivity contribution in [3.05, 3.63) is 51.4 Å². The topological polar surface area (TPSA) is 61.2 Å². The SMILES string of the molecule is CC(=O)c1cc(C(=O)OCc2csc(-c3ccsc3)n2)n(C)c1. The van der Waals surface area contributed by atoms with Gasteiger partial charge in [0, 0.05) is 35.1 Å². The van der Waals surface area contributed by atoms with Crippen LogP contribution in [-0.2, 0) is 18.4 Å². The maximum atomic E-state index is 12.1. The molecule has 0 unspecified atom stereocenters. The lowest BCUT2D eigenvalue weighted by atomic mass is 10.2. The Labute approximate surface area is 141 Å². The van der Waals surface area contributed by atoms with Crippen LogP contribution >= 0.6 is 22.7 Å². The van der Waals surface area contributed by atoms with Crippen LogP contribution in [0.2, 0.25) is 0 Å². The van der Waals surface area contributed by atoms with Crippen LogP contribution in [0.5, 0.6) is 0 Å². The van der Waals surface area contributed by atoms with Crippen molar-refractivity contribution in [2.45, 2.75) is 13.5 Å². The van der Waals surface area contributed by atoms with Gasteiger partial charge >= 0.3 is 5.97 Å². The van der Waals surface area contributed by atoms with E-state index in [9.17, 15) is 9.59 Å². The molecule has 0 fully saturated rings. The van der Waals surface area contributed by atoms with E-state index in [1.807, 2.05) is 22.2 Å². The number of hydrogen-bond acceptors (Lipinski definition) is 6. The quantitative estimate of drug-likeness (QED) is 0.521. The Morgan fingerprint density at radius 3 is 2.83 bits per heavy atom. The van der Waals surface area contributed by atoms with Crippen LogP contribution in [0.15, 0.2) is 34.5 Å². The summed E-state index contributed by atoms with van der Waals surface area (Å²) < 4.78 is 6.89. The van der Waals surface area contributed by atoms with E-state index in [0.717, 1.165) is 10.6 Å². The molecule has 0 aromatic carbocycles. The summed E-state index contributed by atoms with van der Waals surface area (Å²) in [7, 11) is 1.71. The number of esters is 1. The first kappa shape index (κ1) is 15.6. The van der Waals surface area contributed by atoms with Crippen LogP contribution in [-0.4, -0.2) is 21.3 Å². The lowest BCUT2D eigenvalue weighted by molar-refractivity contribution is 0.0457. The Kier molecular flexibility index (Phi) is 4.40. The first-order valence-corrected chi connectivity index (χ1v) is 8.68. The number of ketones is 1. The Morgan fingerprint density at radius 1 is 1.35 bits per heavy atom. The van der Waals surface area contributed by atoms with Crippen molar-refractivity contribution in [3.63, 3.8) is 0 Å². The molecule has 0 spiro atoms. The van der Waals surface area contributed by atoms with Crippen molar-refractivity contribution >= 4 is 34.4 Å². The van der Waals surface area contributed by atoms with E-state index in [4.69, 9.17) is 4.74 Å². The number of nitrogens with zero attached hydrogens (tertiary/aromatic N) is 2. The first-order chi connectivity index (χ1) is 11.0. The molecular weight excluding hydrogens is 332 g/mol. The van der Waals surface area contributed by atoms with Crippen molar-refractivity contribution in [3.8, 4) is 10.6 Å². The zero-order chi connectivity index (χ0) is 16.4. The number of carbonyl (C=O) groups excluding carboxylic acids is 2. The number of ether oxygens (including phenoxy) is 1. The Morgan fingerprint density at radius 2 is 2.17 bits per heavy atom. The van der Waals surface area contributed by atoms with E-state index in [2.05, 4.69) is 4.98 Å². The molecule has 7 heteroatoms. The molecule has 3 rings (SSSR count). The average Bonchev–Trinajstić information content (AvgIpc) is 3.24. The second-order valence-electron chi connectivity index (χ2n) is 5.01. The summed E-state index contributed by atoms with van der Waals surface area (Å²) in [6.45, 7) is 1.58. The van der Waals surface area contributed by atoms with Gasteiger partial charge in [0.05, 0.1) is 5.69 Å². The molecule has 3 heterocycles. The molecular formula is C16H14N2O3S2. The highest BCUT2D eigenvalue weighted by atomic mass is 32.1. The molecule has 0 saturated heterocycles. The molecule has 0 aliphatic heterocycles. The second-order valence-corrected chi connectivity index (χ2v) is 6.65. The summed E-state index contributed by atoms with van der Waals surface area (Å²) in [5.41, 5.74) is 2.63. The molecule has 0 amide bonds. The molecule has 5 nitrogen and oxygen atoms in total. The van der Waals surface area contributed by atoms with E-state index < -0.39 is 5.97 Å². The summed E-state index contributed by atoms with van der Waals surface area (Å²) in [5, 5.41) is 6.82. The molecule has 3 aromatic heterocycles. The van der Waals surface area contributed by atoms with Gasteiger partial charge < -0.3 is 9.30 Å². The summed E-state index contributed by atoms with van der Waals surface area (Å²) in [4.78, 5) is 27.9. The third-order valence-corrected chi connectivity index (χ3v) is 4.92. The molecule has 0 aliphatic rings. The minimum absolute atomic E-state index is 0.0837. The Hall–Kier alpha value is -2.25. The molecule has 23 heavy (non-hydrogen) atoms. The van der Waals surface area contributed by atoms with Gasteiger partial charge in [-0.2, -0.15) is 11.3 Å². The largest absolute Gasteiger partial charge is 0.454 e. The molecule has 0 radical (unpaired) electrons. The number of aromatic nitrogens is 2. The van der Waals surface area contributed by atoms with Crippen LogP contribution in [0, 0.1) is 0 Å². The lowest BCUT2D eigenvalue weighted by Crippen LogP contribution is -2.09. The smallest absolute Gasteiger partial charge is 0.355 e. The van der Waals surface area contributed by atoms with Gasteiger partial charge in [-0.3, -0.25) is 4.79 Å². The predicted octanol–water partition coefficient (Wildman–Crippen LogP) is 3.77. The van der Waals surface area contributed by atoms with E-state index >= 15 is 0 Å². The third-order valence-electron chi connectivity index (χ3n) is 3.29. The maximum Gasteiger partial charge on any atom is 0.355 e. The molecule has 0 aliphatic carbocycles. The number of hydrogen-bond donors (Lipinski definition) is 0. The zero-order valence-corrected chi connectivity index (χ0v) is 14.2. The molecule has 0 atom stereocenters. The van der Waals surface area contributed by atoms with Gasteiger partial charge in [0.25, 0.3) is 0 Å². The first-order valence-electron chi connectivity index (χ1n) is 6.86. The van der Waals surface area contributed by atoms with Gasteiger partial charge in [-0.25, -0.2) is 9.78 Å². The van der Waals surface area contributed by atoms with E-state index in [1.54, 1.807) is 35.2 Å². The molecule has 0 N–H and O–H groups in total. The Bertz CT molecular complexity index is 847. The molecule has 0 saturated carbocycles. The highest BCUT2D eigenvalue weighted by Gasteiger charge is 2.16.